The minimum absolute atomic E-state index is 0.440. The summed E-state index contributed by atoms with van der Waals surface area (Å²) in [5.41, 5.74) is 0. The molecule has 2 nitrogen and oxygen atoms in total. The Balaban J connectivity index is 2.76. The van der Waals surface area contributed by atoms with Crippen LogP contribution in [0.3, 0.4) is 0 Å². The number of ether oxygens (including phenoxy) is 2. The molecule has 80 valence electrons. The van der Waals surface area contributed by atoms with Crippen molar-refractivity contribution < 1.29 is 9.47 Å². The van der Waals surface area contributed by atoms with Gasteiger partial charge in [-0.3, -0.25) is 0 Å². The van der Waals surface area contributed by atoms with Gasteiger partial charge in [-0.25, -0.2) is 0 Å². The fraction of sp³-hybridized carbons (Fsp3) is 1.00. The van der Waals surface area contributed by atoms with Crippen LogP contribution in [0.25, 0.3) is 0 Å². The average molecular weight is 188 g/mol. The summed E-state index contributed by atoms with van der Waals surface area (Å²) in [6, 6.07) is 0. The van der Waals surface area contributed by atoms with Crippen LogP contribution in [-0.2, 0) is 9.47 Å². The molecule has 0 aromatic heterocycles. The molecule has 0 atom stereocenters. The molecule has 0 radical (unpaired) electrons. The molecule has 0 unspecified atom stereocenters. The molecule has 2 heteroatoms. The summed E-state index contributed by atoms with van der Waals surface area (Å²) in [4.78, 5) is 0. The molecule has 0 N–H and O–H groups in total. The highest BCUT2D eigenvalue weighted by Crippen LogP contribution is 2.06. The van der Waals surface area contributed by atoms with E-state index in [-0.39, 0.29) is 0 Å². The van der Waals surface area contributed by atoms with Crippen molar-refractivity contribution in [1.82, 2.24) is 0 Å². The second-order valence-electron chi connectivity index (χ2n) is 3.44. The van der Waals surface area contributed by atoms with Crippen LogP contribution in [0.5, 0.6) is 0 Å². The highest BCUT2D eigenvalue weighted by Gasteiger charge is 1.90. The van der Waals surface area contributed by atoms with Gasteiger partial charge in [0.25, 0.3) is 0 Å². The monoisotopic (exact) mass is 188 g/mol. The van der Waals surface area contributed by atoms with E-state index in [1.165, 1.54) is 44.9 Å². The second kappa shape index (κ2) is 11.9. The molecule has 13 heavy (non-hydrogen) atoms. The molecule has 0 bridgehead atoms. The maximum Gasteiger partial charge on any atom is 0.146 e. The normalized spacial score (nSPS) is 10.6. The van der Waals surface area contributed by atoms with Crippen molar-refractivity contribution in [3.05, 3.63) is 0 Å². The molecule has 0 aliphatic carbocycles. The summed E-state index contributed by atoms with van der Waals surface area (Å²) < 4.78 is 9.97. The Morgan fingerprint density at radius 1 is 0.846 bits per heavy atom. The Kier molecular flexibility index (Phi) is 11.8. The third-order valence-corrected chi connectivity index (χ3v) is 2.09. The van der Waals surface area contributed by atoms with Gasteiger partial charge in [0.05, 0.1) is 0 Å². The first-order chi connectivity index (χ1) is 6.41. The van der Waals surface area contributed by atoms with Crippen LogP contribution in [0.15, 0.2) is 0 Å². The van der Waals surface area contributed by atoms with E-state index in [0.29, 0.717) is 6.79 Å². The standard InChI is InChI=1S/C11H24O2/c1-3-4-5-6-7-8-9-10-13-11-12-2/h3-11H2,1-2H3. The Morgan fingerprint density at radius 3 is 2.08 bits per heavy atom. The van der Waals surface area contributed by atoms with Gasteiger partial charge in [0.1, 0.15) is 6.79 Å². The molecule has 0 saturated carbocycles. The Hall–Kier alpha value is -0.0800. The molecule has 0 saturated heterocycles. The quantitative estimate of drug-likeness (QED) is 0.386. The summed E-state index contributed by atoms with van der Waals surface area (Å²) in [6.07, 6.45) is 9.34. The third-order valence-electron chi connectivity index (χ3n) is 2.09. The van der Waals surface area contributed by atoms with E-state index >= 15 is 0 Å². The zero-order valence-electron chi connectivity index (χ0n) is 9.18. The molecule has 0 amide bonds. The van der Waals surface area contributed by atoms with Gasteiger partial charge < -0.3 is 9.47 Å². The molecule has 0 fully saturated rings. The van der Waals surface area contributed by atoms with Gasteiger partial charge in [0.2, 0.25) is 0 Å². The van der Waals surface area contributed by atoms with Crippen LogP contribution < -0.4 is 0 Å². The fourth-order valence-electron chi connectivity index (χ4n) is 1.30. The highest BCUT2D eigenvalue weighted by atomic mass is 16.7. The zero-order chi connectivity index (χ0) is 9.78. The molecule has 0 aliphatic rings. The van der Waals surface area contributed by atoms with E-state index in [9.17, 15) is 0 Å². The van der Waals surface area contributed by atoms with Crippen LogP contribution in [0.2, 0.25) is 0 Å². The summed E-state index contributed by atoms with van der Waals surface area (Å²) >= 11 is 0. The minimum Gasteiger partial charge on any atom is -0.359 e. The molecule has 0 aromatic carbocycles. The van der Waals surface area contributed by atoms with Gasteiger partial charge in [0.15, 0.2) is 0 Å². The first-order valence-corrected chi connectivity index (χ1v) is 5.48. The average Bonchev–Trinajstić information content (AvgIpc) is 2.16. The molecule has 0 aliphatic heterocycles. The van der Waals surface area contributed by atoms with Gasteiger partial charge in [-0.05, 0) is 6.42 Å². The Morgan fingerprint density at radius 2 is 1.46 bits per heavy atom. The van der Waals surface area contributed by atoms with Crippen LogP contribution in [-0.4, -0.2) is 20.5 Å². The Bertz CT molecular complexity index is 74.2. The van der Waals surface area contributed by atoms with Gasteiger partial charge in [0, 0.05) is 13.7 Å². The molecule has 0 rings (SSSR count). The van der Waals surface area contributed by atoms with Gasteiger partial charge >= 0.3 is 0 Å². The van der Waals surface area contributed by atoms with Gasteiger partial charge in [-0.2, -0.15) is 0 Å². The molecule has 0 aromatic rings. The maximum absolute atomic E-state index is 5.19. The summed E-state index contributed by atoms with van der Waals surface area (Å²) in [5.74, 6) is 0. The smallest absolute Gasteiger partial charge is 0.146 e. The lowest BCUT2D eigenvalue weighted by Crippen LogP contribution is -1.98. The Labute approximate surface area is 82.6 Å². The molecular formula is C11H24O2. The van der Waals surface area contributed by atoms with Gasteiger partial charge in [-0.1, -0.05) is 45.4 Å². The van der Waals surface area contributed by atoms with Crippen LogP contribution in [0.1, 0.15) is 51.9 Å². The summed E-state index contributed by atoms with van der Waals surface area (Å²) in [6.45, 7) is 3.54. The predicted octanol–water partition coefficient (Wildman–Crippen LogP) is 3.36. The lowest BCUT2D eigenvalue weighted by molar-refractivity contribution is -0.0315. The minimum atomic E-state index is 0.440. The molecule has 0 spiro atoms. The third kappa shape index (κ3) is 11.9. The van der Waals surface area contributed by atoms with Crippen molar-refractivity contribution in [2.75, 3.05) is 20.5 Å². The van der Waals surface area contributed by atoms with E-state index in [1.54, 1.807) is 7.11 Å². The topological polar surface area (TPSA) is 18.5 Å². The number of rotatable bonds is 10. The van der Waals surface area contributed by atoms with E-state index in [0.717, 1.165) is 6.61 Å². The van der Waals surface area contributed by atoms with E-state index in [2.05, 4.69) is 6.92 Å². The van der Waals surface area contributed by atoms with Crippen molar-refractivity contribution in [2.45, 2.75) is 51.9 Å². The van der Waals surface area contributed by atoms with Crippen molar-refractivity contribution in [3.8, 4) is 0 Å². The summed E-state index contributed by atoms with van der Waals surface area (Å²) in [5, 5.41) is 0. The van der Waals surface area contributed by atoms with Crippen LogP contribution >= 0.6 is 0 Å². The highest BCUT2D eigenvalue weighted by molar-refractivity contribution is 4.44. The second-order valence-corrected chi connectivity index (χ2v) is 3.44. The first kappa shape index (κ1) is 12.9. The van der Waals surface area contributed by atoms with Crippen molar-refractivity contribution in [2.24, 2.45) is 0 Å². The maximum atomic E-state index is 5.19. The first-order valence-electron chi connectivity index (χ1n) is 5.48. The fourth-order valence-corrected chi connectivity index (χ4v) is 1.30. The van der Waals surface area contributed by atoms with Crippen molar-refractivity contribution in [1.29, 1.82) is 0 Å². The molecule has 0 heterocycles. The van der Waals surface area contributed by atoms with E-state index in [1.807, 2.05) is 0 Å². The number of unbranched alkanes of at least 4 members (excludes halogenated alkanes) is 6. The van der Waals surface area contributed by atoms with E-state index in [4.69, 9.17) is 9.47 Å². The SMILES string of the molecule is CCCCCCCCCOCOC. The lowest BCUT2D eigenvalue weighted by atomic mass is 10.1. The largest absolute Gasteiger partial charge is 0.359 e. The molecular weight excluding hydrogens is 164 g/mol. The zero-order valence-corrected chi connectivity index (χ0v) is 9.18. The number of hydrogen-bond acceptors (Lipinski definition) is 2. The van der Waals surface area contributed by atoms with Crippen LogP contribution in [0, 0.1) is 0 Å². The van der Waals surface area contributed by atoms with Gasteiger partial charge in [-0.15, -0.1) is 0 Å². The van der Waals surface area contributed by atoms with E-state index < -0.39 is 0 Å². The number of hydrogen-bond donors (Lipinski definition) is 0. The lowest BCUT2D eigenvalue weighted by Gasteiger charge is -2.02. The van der Waals surface area contributed by atoms with Crippen molar-refractivity contribution in [3.63, 3.8) is 0 Å². The van der Waals surface area contributed by atoms with Crippen molar-refractivity contribution >= 4 is 0 Å². The van der Waals surface area contributed by atoms with Crippen LogP contribution in [0.4, 0.5) is 0 Å². The summed E-state index contributed by atoms with van der Waals surface area (Å²) in [7, 11) is 1.66. The predicted molar refractivity (Wildman–Crippen MR) is 55.8 cm³/mol. The number of methoxy groups -OCH3 is 1.